The zero-order valence-corrected chi connectivity index (χ0v) is 11.3. The van der Waals surface area contributed by atoms with E-state index in [0.29, 0.717) is 11.8 Å². The van der Waals surface area contributed by atoms with Gasteiger partial charge in [-0.25, -0.2) is 4.98 Å². The first kappa shape index (κ1) is 12.0. The Morgan fingerprint density at radius 3 is 3.00 bits per heavy atom. The summed E-state index contributed by atoms with van der Waals surface area (Å²) in [5, 5.41) is 0.774. The van der Waals surface area contributed by atoms with Crippen molar-refractivity contribution in [3.8, 4) is 0 Å². The van der Waals surface area contributed by atoms with Crippen LogP contribution in [0.5, 0.6) is 0 Å². The fourth-order valence-corrected chi connectivity index (χ4v) is 3.53. The molecule has 3 nitrogen and oxygen atoms in total. The second kappa shape index (κ2) is 4.56. The summed E-state index contributed by atoms with van der Waals surface area (Å²) in [6.07, 6.45) is 3.66. The van der Waals surface area contributed by atoms with Crippen LogP contribution in [0.1, 0.15) is 31.0 Å². The Hall–Kier alpha value is -1.06. The van der Waals surface area contributed by atoms with Gasteiger partial charge in [0.15, 0.2) is 0 Å². The van der Waals surface area contributed by atoms with E-state index in [9.17, 15) is 0 Å². The molecule has 1 aromatic heterocycles. The van der Waals surface area contributed by atoms with Crippen molar-refractivity contribution < 1.29 is 0 Å². The highest BCUT2D eigenvalue weighted by Gasteiger charge is 2.31. The van der Waals surface area contributed by atoms with Crippen LogP contribution in [-0.4, -0.2) is 16.1 Å². The third kappa shape index (κ3) is 1.73. The van der Waals surface area contributed by atoms with Gasteiger partial charge in [0, 0.05) is 13.0 Å². The van der Waals surface area contributed by atoms with Gasteiger partial charge in [-0.2, -0.15) is 0 Å². The lowest BCUT2D eigenvalue weighted by Crippen LogP contribution is -2.19. The maximum atomic E-state index is 6.27. The van der Waals surface area contributed by atoms with Gasteiger partial charge in [-0.15, -0.1) is 0 Å². The lowest BCUT2D eigenvalue weighted by atomic mass is 9.95. The minimum Gasteiger partial charge on any atom is -0.330 e. The average Bonchev–Trinajstić information content (AvgIpc) is 2.94. The number of para-hydroxylation sites is 1. The Kier molecular flexibility index (Phi) is 3.04. The van der Waals surface area contributed by atoms with Gasteiger partial charge in [0.05, 0.1) is 16.1 Å². The molecule has 4 heteroatoms. The predicted octanol–water partition coefficient (Wildman–Crippen LogP) is 3.07. The van der Waals surface area contributed by atoms with Crippen molar-refractivity contribution in [3.05, 3.63) is 29.0 Å². The lowest BCUT2D eigenvalue weighted by Gasteiger charge is -2.17. The van der Waals surface area contributed by atoms with Crippen molar-refractivity contribution in [2.75, 3.05) is 6.54 Å². The maximum Gasteiger partial charge on any atom is 0.113 e. The molecule has 3 rings (SSSR count). The average molecular weight is 264 g/mol. The summed E-state index contributed by atoms with van der Waals surface area (Å²) >= 11 is 6.27. The van der Waals surface area contributed by atoms with Gasteiger partial charge < -0.3 is 10.3 Å². The van der Waals surface area contributed by atoms with E-state index in [2.05, 4.69) is 11.6 Å². The third-order valence-corrected chi connectivity index (χ3v) is 4.48. The normalized spacial score (nSPS) is 23.9. The monoisotopic (exact) mass is 263 g/mol. The molecular weight excluding hydrogens is 246 g/mol. The number of fused-ring (bicyclic) bond motifs is 1. The summed E-state index contributed by atoms with van der Waals surface area (Å²) in [5.41, 5.74) is 7.90. The highest BCUT2D eigenvalue weighted by atomic mass is 35.5. The molecule has 0 radical (unpaired) electrons. The Morgan fingerprint density at radius 1 is 1.44 bits per heavy atom. The van der Waals surface area contributed by atoms with Crippen LogP contribution in [0.15, 0.2) is 18.2 Å². The first-order valence-corrected chi connectivity index (χ1v) is 6.91. The molecule has 2 unspecified atom stereocenters. The van der Waals surface area contributed by atoms with Crippen molar-refractivity contribution in [2.45, 2.75) is 25.2 Å². The van der Waals surface area contributed by atoms with Crippen LogP contribution in [0, 0.1) is 5.92 Å². The van der Waals surface area contributed by atoms with Gasteiger partial charge >= 0.3 is 0 Å². The molecule has 0 amide bonds. The van der Waals surface area contributed by atoms with Crippen molar-refractivity contribution in [1.29, 1.82) is 0 Å². The zero-order chi connectivity index (χ0) is 12.7. The van der Waals surface area contributed by atoms with E-state index in [1.54, 1.807) is 0 Å². The number of aromatic nitrogens is 2. The zero-order valence-electron chi connectivity index (χ0n) is 10.6. The smallest absolute Gasteiger partial charge is 0.113 e. The highest BCUT2D eigenvalue weighted by Crippen LogP contribution is 2.39. The molecule has 96 valence electrons. The Morgan fingerprint density at radius 2 is 2.28 bits per heavy atom. The summed E-state index contributed by atoms with van der Waals surface area (Å²) in [4.78, 5) is 4.78. The fraction of sp³-hybridized carbons (Fsp3) is 0.500. The summed E-state index contributed by atoms with van der Waals surface area (Å²) < 4.78 is 2.15. The first-order chi connectivity index (χ1) is 8.72. The molecule has 1 aromatic carbocycles. The molecule has 2 aromatic rings. The minimum absolute atomic E-state index is 0.489. The molecule has 1 aliphatic rings. The van der Waals surface area contributed by atoms with E-state index < -0.39 is 0 Å². The highest BCUT2D eigenvalue weighted by molar-refractivity contribution is 6.35. The molecular formula is C14H18ClN3. The van der Waals surface area contributed by atoms with E-state index >= 15 is 0 Å². The molecule has 1 heterocycles. The summed E-state index contributed by atoms with van der Waals surface area (Å²) in [6, 6.07) is 5.90. The largest absolute Gasteiger partial charge is 0.330 e. The second-order valence-corrected chi connectivity index (χ2v) is 5.58. The number of aryl methyl sites for hydroxylation is 1. The molecule has 0 bridgehead atoms. The molecule has 0 saturated heterocycles. The first-order valence-electron chi connectivity index (χ1n) is 6.53. The van der Waals surface area contributed by atoms with Crippen molar-refractivity contribution in [1.82, 2.24) is 9.55 Å². The number of rotatable bonds is 2. The molecule has 18 heavy (non-hydrogen) atoms. The Balaban J connectivity index is 2.13. The number of nitrogens with two attached hydrogens (primary N) is 1. The van der Waals surface area contributed by atoms with E-state index in [-0.39, 0.29) is 0 Å². The number of halogens is 1. The summed E-state index contributed by atoms with van der Waals surface area (Å²) in [7, 11) is 2.06. The minimum atomic E-state index is 0.489. The van der Waals surface area contributed by atoms with Crippen LogP contribution in [0.25, 0.3) is 11.0 Å². The van der Waals surface area contributed by atoms with Crippen molar-refractivity contribution in [2.24, 2.45) is 18.7 Å². The van der Waals surface area contributed by atoms with Crippen LogP contribution < -0.4 is 5.73 Å². The van der Waals surface area contributed by atoms with Gasteiger partial charge in [-0.1, -0.05) is 24.1 Å². The number of nitrogens with zero attached hydrogens (tertiary/aromatic N) is 2. The van der Waals surface area contributed by atoms with Crippen LogP contribution >= 0.6 is 11.6 Å². The van der Waals surface area contributed by atoms with E-state index in [1.807, 2.05) is 18.2 Å². The predicted molar refractivity (Wildman–Crippen MR) is 74.9 cm³/mol. The van der Waals surface area contributed by atoms with Gasteiger partial charge in [0.2, 0.25) is 0 Å². The molecule has 0 aliphatic heterocycles. The number of hydrogen-bond donors (Lipinski definition) is 1. The molecule has 1 saturated carbocycles. The second-order valence-electron chi connectivity index (χ2n) is 5.17. The van der Waals surface area contributed by atoms with Crippen molar-refractivity contribution >= 4 is 22.6 Å². The number of benzene rings is 1. The van der Waals surface area contributed by atoms with Crippen LogP contribution in [-0.2, 0) is 7.05 Å². The van der Waals surface area contributed by atoms with Gasteiger partial charge in [0.25, 0.3) is 0 Å². The molecule has 2 N–H and O–H groups in total. The van der Waals surface area contributed by atoms with E-state index in [4.69, 9.17) is 22.3 Å². The Bertz CT molecular complexity index is 576. The van der Waals surface area contributed by atoms with E-state index in [0.717, 1.165) is 28.4 Å². The molecule has 1 aliphatic carbocycles. The SMILES string of the molecule is Cn1c(C2CCCC2CN)nc2cccc(Cl)c21. The molecule has 1 fully saturated rings. The van der Waals surface area contributed by atoms with Gasteiger partial charge in [0.1, 0.15) is 5.82 Å². The maximum absolute atomic E-state index is 6.27. The third-order valence-electron chi connectivity index (χ3n) is 4.17. The topological polar surface area (TPSA) is 43.8 Å². The number of imidazole rings is 1. The van der Waals surface area contributed by atoms with Crippen LogP contribution in [0.2, 0.25) is 5.02 Å². The van der Waals surface area contributed by atoms with Crippen LogP contribution in [0.3, 0.4) is 0 Å². The van der Waals surface area contributed by atoms with Gasteiger partial charge in [-0.05, 0) is 37.4 Å². The standard InChI is InChI=1S/C14H18ClN3/c1-18-13-11(15)6-3-7-12(13)17-14(18)10-5-2-4-9(10)8-16/h3,6-7,9-10H,2,4-5,8,16H2,1H3. The summed E-state index contributed by atoms with van der Waals surface area (Å²) in [5.74, 6) is 2.20. The van der Waals surface area contributed by atoms with Crippen molar-refractivity contribution in [3.63, 3.8) is 0 Å². The van der Waals surface area contributed by atoms with Gasteiger partial charge in [-0.3, -0.25) is 0 Å². The molecule has 0 spiro atoms. The summed E-state index contributed by atoms with van der Waals surface area (Å²) in [6.45, 7) is 0.752. The number of hydrogen-bond acceptors (Lipinski definition) is 2. The van der Waals surface area contributed by atoms with E-state index in [1.165, 1.54) is 19.3 Å². The fourth-order valence-electron chi connectivity index (χ4n) is 3.23. The lowest BCUT2D eigenvalue weighted by molar-refractivity contribution is 0.469. The molecule has 2 atom stereocenters. The quantitative estimate of drug-likeness (QED) is 0.905. The Labute approximate surface area is 112 Å². The van der Waals surface area contributed by atoms with Crippen LogP contribution in [0.4, 0.5) is 0 Å².